The summed E-state index contributed by atoms with van der Waals surface area (Å²) in [4.78, 5) is 21.0. The fourth-order valence-corrected chi connectivity index (χ4v) is 4.05. The van der Waals surface area contributed by atoms with Crippen LogP contribution in [0.1, 0.15) is 24.1 Å². The van der Waals surface area contributed by atoms with Gasteiger partial charge in [-0.3, -0.25) is 9.48 Å². The lowest BCUT2D eigenvalue weighted by Gasteiger charge is -2.06. The summed E-state index contributed by atoms with van der Waals surface area (Å²) in [6.07, 6.45) is 5.13. The zero-order chi connectivity index (χ0) is 22.1. The Morgan fingerprint density at radius 3 is 3.00 bits per heavy atom. The highest BCUT2D eigenvalue weighted by atomic mass is 16.5. The second-order valence-corrected chi connectivity index (χ2v) is 8.18. The molecule has 1 fully saturated rings. The van der Waals surface area contributed by atoms with Gasteiger partial charge in [0.1, 0.15) is 11.4 Å². The Bertz CT molecular complexity index is 1270. The first-order valence-corrected chi connectivity index (χ1v) is 10.6. The van der Waals surface area contributed by atoms with E-state index >= 15 is 0 Å². The van der Waals surface area contributed by atoms with E-state index in [1.807, 2.05) is 43.6 Å². The maximum Gasteiger partial charge on any atom is 0.221 e. The summed E-state index contributed by atoms with van der Waals surface area (Å²) in [5.41, 5.74) is 9.81. The zero-order valence-electron chi connectivity index (χ0n) is 17.8. The highest BCUT2D eigenvalue weighted by Gasteiger charge is 2.19. The highest BCUT2D eigenvalue weighted by molar-refractivity contribution is 5.93. The van der Waals surface area contributed by atoms with Crippen LogP contribution >= 0.6 is 0 Å². The van der Waals surface area contributed by atoms with Crippen LogP contribution in [0.3, 0.4) is 0 Å². The van der Waals surface area contributed by atoms with Crippen LogP contribution in [0.2, 0.25) is 0 Å². The van der Waals surface area contributed by atoms with Crippen LogP contribution in [0.25, 0.3) is 22.3 Å². The summed E-state index contributed by atoms with van der Waals surface area (Å²) < 4.78 is 8.71. The van der Waals surface area contributed by atoms with E-state index in [1.54, 1.807) is 9.36 Å². The maximum absolute atomic E-state index is 12.3. The van der Waals surface area contributed by atoms with E-state index in [0.717, 1.165) is 35.2 Å². The standard InChI is InChI=1S/C22H24N8O2/c1-14-3-2-4-18-20(14)24-22(23)25-21(18)19-12-30(28-26-19)10-16-5-7-29(27-16)11-17(31)9-15-6-8-32-13-15/h2-5,7,12,15H,6,8-11,13H2,1H3,(H2,23,24,25)/t15-/m0/s1. The van der Waals surface area contributed by atoms with Crippen molar-refractivity contribution in [3.63, 3.8) is 0 Å². The van der Waals surface area contributed by atoms with Gasteiger partial charge in [-0.1, -0.05) is 23.4 Å². The maximum atomic E-state index is 12.3. The average molecular weight is 432 g/mol. The summed E-state index contributed by atoms with van der Waals surface area (Å²) >= 11 is 0. The number of benzene rings is 1. The number of carbonyl (C=O) groups excluding carboxylic acids is 1. The number of Topliss-reactive ketones (excluding diaryl/α,β-unsaturated/α-hetero) is 1. The van der Waals surface area contributed by atoms with Gasteiger partial charge in [0.25, 0.3) is 0 Å². The predicted octanol–water partition coefficient (Wildman–Crippen LogP) is 2.02. The van der Waals surface area contributed by atoms with Gasteiger partial charge in [-0.2, -0.15) is 5.10 Å². The minimum Gasteiger partial charge on any atom is -0.381 e. The van der Waals surface area contributed by atoms with Gasteiger partial charge in [0.2, 0.25) is 5.95 Å². The molecule has 1 aliphatic rings. The quantitative estimate of drug-likeness (QED) is 0.470. The van der Waals surface area contributed by atoms with Crippen molar-refractivity contribution in [2.75, 3.05) is 18.9 Å². The highest BCUT2D eigenvalue weighted by Crippen LogP contribution is 2.27. The van der Waals surface area contributed by atoms with E-state index < -0.39 is 0 Å². The van der Waals surface area contributed by atoms with Crippen molar-refractivity contribution < 1.29 is 9.53 Å². The molecule has 10 nitrogen and oxygen atoms in total. The molecule has 1 saturated heterocycles. The lowest BCUT2D eigenvalue weighted by molar-refractivity contribution is -0.120. The van der Waals surface area contributed by atoms with Crippen LogP contribution in [0, 0.1) is 12.8 Å². The van der Waals surface area contributed by atoms with Crippen LogP contribution in [0.4, 0.5) is 5.95 Å². The average Bonchev–Trinajstić information content (AvgIpc) is 3.52. The van der Waals surface area contributed by atoms with Gasteiger partial charge in [0.15, 0.2) is 5.78 Å². The number of ketones is 1. The molecule has 0 radical (unpaired) electrons. The second kappa shape index (κ2) is 8.46. The third kappa shape index (κ3) is 4.22. The monoisotopic (exact) mass is 432 g/mol. The number of nitrogens with zero attached hydrogens (tertiary/aromatic N) is 7. The Kier molecular flexibility index (Phi) is 5.36. The van der Waals surface area contributed by atoms with E-state index in [9.17, 15) is 4.79 Å². The number of nitrogen functional groups attached to an aromatic ring is 1. The first kappa shape index (κ1) is 20.3. The smallest absolute Gasteiger partial charge is 0.221 e. The number of aryl methyl sites for hydroxylation is 1. The minimum atomic E-state index is 0.168. The van der Waals surface area contributed by atoms with E-state index in [0.29, 0.717) is 36.9 Å². The molecular weight excluding hydrogens is 408 g/mol. The van der Waals surface area contributed by atoms with Crippen LogP contribution in [-0.2, 0) is 22.6 Å². The molecule has 3 aromatic heterocycles. The summed E-state index contributed by atoms with van der Waals surface area (Å²) in [7, 11) is 0. The van der Waals surface area contributed by atoms with Crippen molar-refractivity contribution in [3.8, 4) is 11.4 Å². The van der Waals surface area contributed by atoms with E-state index in [4.69, 9.17) is 10.5 Å². The number of para-hydroxylation sites is 1. The van der Waals surface area contributed by atoms with Gasteiger partial charge in [-0.05, 0) is 30.9 Å². The topological polar surface area (TPSA) is 127 Å². The van der Waals surface area contributed by atoms with Gasteiger partial charge >= 0.3 is 0 Å². The van der Waals surface area contributed by atoms with E-state index in [1.165, 1.54) is 0 Å². The zero-order valence-corrected chi connectivity index (χ0v) is 17.8. The third-order valence-corrected chi connectivity index (χ3v) is 5.63. The van der Waals surface area contributed by atoms with Crippen molar-refractivity contribution in [1.29, 1.82) is 0 Å². The molecule has 2 N–H and O–H groups in total. The molecule has 4 aromatic rings. The van der Waals surface area contributed by atoms with E-state index in [-0.39, 0.29) is 18.3 Å². The predicted molar refractivity (Wildman–Crippen MR) is 118 cm³/mol. The molecule has 1 aromatic carbocycles. The largest absolute Gasteiger partial charge is 0.381 e. The van der Waals surface area contributed by atoms with Crippen LogP contribution < -0.4 is 5.73 Å². The molecule has 0 spiro atoms. The number of nitrogens with two attached hydrogens (primary N) is 1. The number of hydrogen-bond donors (Lipinski definition) is 1. The summed E-state index contributed by atoms with van der Waals surface area (Å²) in [6, 6.07) is 7.78. The Balaban J connectivity index is 1.30. The number of carbonyl (C=O) groups is 1. The summed E-state index contributed by atoms with van der Waals surface area (Å²) in [5.74, 6) is 0.701. The molecule has 32 heavy (non-hydrogen) atoms. The summed E-state index contributed by atoms with van der Waals surface area (Å²) in [6.45, 7) is 4.11. The minimum absolute atomic E-state index is 0.168. The molecular formula is C22H24N8O2. The van der Waals surface area contributed by atoms with Crippen LogP contribution in [-0.4, -0.2) is 53.7 Å². The Morgan fingerprint density at radius 2 is 2.16 bits per heavy atom. The van der Waals surface area contributed by atoms with Crippen molar-refractivity contribution in [1.82, 2.24) is 34.7 Å². The Morgan fingerprint density at radius 1 is 1.25 bits per heavy atom. The number of hydrogen-bond acceptors (Lipinski definition) is 8. The first-order chi connectivity index (χ1) is 15.5. The van der Waals surface area contributed by atoms with Crippen molar-refractivity contribution in [2.45, 2.75) is 32.9 Å². The van der Waals surface area contributed by atoms with Gasteiger partial charge in [-0.15, -0.1) is 5.10 Å². The number of fused-ring (bicyclic) bond motifs is 1. The van der Waals surface area contributed by atoms with E-state index in [2.05, 4.69) is 25.4 Å². The van der Waals surface area contributed by atoms with Crippen molar-refractivity contribution >= 4 is 22.6 Å². The van der Waals surface area contributed by atoms with Gasteiger partial charge < -0.3 is 10.5 Å². The fourth-order valence-electron chi connectivity index (χ4n) is 4.05. The molecule has 10 heteroatoms. The van der Waals surface area contributed by atoms with Crippen LogP contribution in [0.15, 0.2) is 36.7 Å². The lowest BCUT2D eigenvalue weighted by Crippen LogP contribution is -2.15. The van der Waals surface area contributed by atoms with Gasteiger partial charge in [0, 0.05) is 31.2 Å². The first-order valence-electron chi connectivity index (χ1n) is 10.6. The molecule has 164 valence electrons. The number of rotatable bonds is 7. The molecule has 0 aliphatic carbocycles. The number of ether oxygens (including phenoxy) is 1. The molecule has 1 atom stereocenters. The van der Waals surface area contributed by atoms with Crippen molar-refractivity contribution in [3.05, 3.63) is 47.9 Å². The Labute approximate surface area is 184 Å². The number of anilines is 1. The fraction of sp³-hybridized carbons (Fsp3) is 0.364. The normalized spacial score (nSPS) is 16.1. The molecule has 0 saturated carbocycles. The second-order valence-electron chi connectivity index (χ2n) is 8.18. The van der Waals surface area contributed by atoms with Crippen molar-refractivity contribution in [2.24, 2.45) is 5.92 Å². The van der Waals surface area contributed by atoms with Crippen LogP contribution in [0.5, 0.6) is 0 Å². The van der Waals surface area contributed by atoms with Gasteiger partial charge in [-0.25, -0.2) is 14.6 Å². The lowest BCUT2D eigenvalue weighted by atomic mass is 10.0. The molecule has 5 rings (SSSR count). The molecule has 1 aliphatic heterocycles. The molecule has 0 bridgehead atoms. The molecule has 4 heterocycles. The molecule has 0 unspecified atom stereocenters. The summed E-state index contributed by atoms with van der Waals surface area (Å²) in [5, 5.41) is 13.9. The Hall–Kier alpha value is -3.66. The van der Waals surface area contributed by atoms with Gasteiger partial charge in [0.05, 0.1) is 30.5 Å². The SMILES string of the molecule is Cc1cccc2c(-c3cn(Cc4ccn(CC(=O)C[C@@H]5CCOC5)n4)nn3)nc(N)nc12. The number of aromatic nitrogens is 7. The molecule has 0 amide bonds. The third-order valence-electron chi connectivity index (χ3n) is 5.63.